The number of hydrogen-bond acceptors (Lipinski definition) is 6. The van der Waals surface area contributed by atoms with Crippen LogP contribution in [0.4, 0.5) is 9.59 Å². The van der Waals surface area contributed by atoms with E-state index in [4.69, 9.17) is 14.0 Å². The normalized spacial score (nSPS) is 35.9. The molecule has 10 nitrogen and oxygen atoms in total. The molecule has 1 unspecified atom stereocenters. The van der Waals surface area contributed by atoms with E-state index in [2.05, 4.69) is 26.1 Å². The number of fused-ring (bicyclic) bond motifs is 2. The van der Waals surface area contributed by atoms with E-state index in [1.807, 2.05) is 24.3 Å². The van der Waals surface area contributed by atoms with Crippen LogP contribution in [-0.4, -0.2) is 89.8 Å². The number of amides is 4. The van der Waals surface area contributed by atoms with Crippen LogP contribution >= 0.6 is 0 Å². The molecule has 3 saturated carbocycles. The minimum absolute atomic E-state index is 0.0280. The molecule has 7 atom stereocenters. The number of benzene rings is 1. The van der Waals surface area contributed by atoms with Gasteiger partial charge in [-0.3, -0.25) is 9.69 Å². The molecular weight excluding hydrogens is 595 g/mol. The van der Waals surface area contributed by atoms with Crippen molar-refractivity contribution in [2.45, 2.75) is 134 Å². The fourth-order valence-corrected chi connectivity index (χ4v) is 9.56. The lowest BCUT2D eigenvalue weighted by molar-refractivity contribution is -0.199. The average Bonchev–Trinajstić information content (AvgIpc) is 3.76. The third kappa shape index (κ3) is 6.15. The Kier molecular flexibility index (Phi) is 9.00. The number of nitrogens with zero attached hydrogens (tertiary/aromatic N) is 3. The first-order valence-electron chi connectivity index (χ1n) is 18.2. The summed E-state index contributed by atoms with van der Waals surface area (Å²) in [6, 6.07) is 7.07. The highest BCUT2D eigenvalue weighted by atomic mass is 16.7. The molecule has 3 aliphatic carbocycles. The molecule has 8 rings (SSSR count). The highest BCUT2D eigenvalue weighted by Crippen LogP contribution is 2.65. The van der Waals surface area contributed by atoms with Crippen molar-refractivity contribution in [1.29, 1.82) is 0 Å². The second kappa shape index (κ2) is 12.9. The Morgan fingerprint density at radius 2 is 1.64 bits per heavy atom. The number of carbonyl (C=O) groups is 3. The monoisotopic (exact) mass is 648 g/mol. The summed E-state index contributed by atoms with van der Waals surface area (Å²) < 4.78 is 19.5. The topological polar surface area (TPSA) is 101 Å². The summed E-state index contributed by atoms with van der Waals surface area (Å²) in [6.07, 6.45) is 9.78. The number of rotatable bonds is 2. The van der Waals surface area contributed by atoms with Gasteiger partial charge in [0.2, 0.25) is 5.91 Å². The molecule has 0 spiro atoms. The zero-order valence-corrected chi connectivity index (χ0v) is 28.7. The Morgan fingerprint density at radius 3 is 2.34 bits per heavy atom. The van der Waals surface area contributed by atoms with Gasteiger partial charge < -0.3 is 29.2 Å². The van der Waals surface area contributed by atoms with Gasteiger partial charge in [-0.05, 0) is 61.0 Å². The van der Waals surface area contributed by atoms with E-state index in [1.165, 1.54) is 12.8 Å². The standard InChI is InChI=1S/C36H53BN4O6/c1-35(2)26-18-29(35)36(3)30(19-26)46-37(47-36)31-16-10-8-6-5-7-9-13-17-39(4)33(43)41-23-27(20-28(41)32(42)38-31)45-34(44)40-21-24-14-11-12-15-25(24)22-40/h11-12,14-15,26-31H,5-10,13,16-23H2,1-4H3,(H,38,42)/t26-,27+,28-,29-,30?,31-,36+/m0/s1. The van der Waals surface area contributed by atoms with Crippen LogP contribution in [0.1, 0.15) is 103 Å². The van der Waals surface area contributed by atoms with Crippen molar-refractivity contribution in [3.05, 3.63) is 35.4 Å². The van der Waals surface area contributed by atoms with E-state index >= 15 is 0 Å². The molecule has 47 heavy (non-hydrogen) atoms. The predicted molar refractivity (Wildman–Crippen MR) is 178 cm³/mol. The Balaban J connectivity index is 1.07. The molecular formula is C36H53BN4O6. The molecule has 7 aliphatic rings. The summed E-state index contributed by atoms with van der Waals surface area (Å²) in [5, 5.41) is 3.31. The molecule has 4 amide bonds. The predicted octanol–water partition coefficient (Wildman–Crippen LogP) is 5.52. The average molecular weight is 649 g/mol. The van der Waals surface area contributed by atoms with Crippen molar-refractivity contribution < 1.29 is 28.4 Å². The van der Waals surface area contributed by atoms with Gasteiger partial charge in [-0.15, -0.1) is 0 Å². The number of carbonyl (C=O) groups excluding carboxylic acids is 3. The van der Waals surface area contributed by atoms with E-state index in [1.54, 1.807) is 21.7 Å². The number of nitrogens with one attached hydrogen (secondary N) is 1. The van der Waals surface area contributed by atoms with Gasteiger partial charge in [-0.2, -0.15) is 0 Å². The van der Waals surface area contributed by atoms with Crippen LogP contribution in [0, 0.1) is 17.3 Å². The highest BCUT2D eigenvalue weighted by Gasteiger charge is 2.68. The van der Waals surface area contributed by atoms with Crippen LogP contribution in [0.5, 0.6) is 0 Å². The molecule has 0 radical (unpaired) electrons. The van der Waals surface area contributed by atoms with Gasteiger partial charge in [0, 0.05) is 33.1 Å². The second-order valence-electron chi connectivity index (χ2n) is 16.0. The van der Waals surface area contributed by atoms with Crippen LogP contribution in [-0.2, 0) is 31.9 Å². The van der Waals surface area contributed by atoms with Gasteiger partial charge >= 0.3 is 19.2 Å². The number of urea groups is 1. The largest absolute Gasteiger partial charge is 0.481 e. The van der Waals surface area contributed by atoms with Crippen LogP contribution in [0.15, 0.2) is 24.3 Å². The molecule has 1 N–H and O–H groups in total. The van der Waals surface area contributed by atoms with Crippen molar-refractivity contribution >= 4 is 25.1 Å². The maximum absolute atomic E-state index is 14.2. The van der Waals surface area contributed by atoms with Gasteiger partial charge in [-0.1, -0.05) is 76.6 Å². The van der Waals surface area contributed by atoms with E-state index in [9.17, 15) is 14.4 Å². The Hall–Kier alpha value is -2.79. The molecule has 1 aromatic carbocycles. The van der Waals surface area contributed by atoms with E-state index in [0.717, 1.165) is 62.5 Å². The summed E-state index contributed by atoms with van der Waals surface area (Å²) in [4.78, 5) is 46.4. The van der Waals surface area contributed by atoms with Gasteiger partial charge in [0.05, 0.1) is 24.2 Å². The first kappa shape index (κ1) is 32.7. The molecule has 11 heteroatoms. The Bertz CT molecular complexity index is 1340. The fourth-order valence-electron chi connectivity index (χ4n) is 9.56. The Morgan fingerprint density at radius 1 is 0.957 bits per heavy atom. The van der Waals surface area contributed by atoms with Gasteiger partial charge in [0.15, 0.2) is 0 Å². The summed E-state index contributed by atoms with van der Waals surface area (Å²) >= 11 is 0. The van der Waals surface area contributed by atoms with Crippen molar-refractivity contribution in [3.8, 4) is 0 Å². The lowest BCUT2D eigenvalue weighted by atomic mass is 9.43. The quantitative estimate of drug-likeness (QED) is 0.424. The fraction of sp³-hybridized carbons (Fsp3) is 0.750. The maximum atomic E-state index is 14.2. The van der Waals surface area contributed by atoms with E-state index < -0.39 is 25.4 Å². The van der Waals surface area contributed by atoms with Crippen molar-refractivity contribution in [2.24, 2.45) is 17.3 Å². The smallest absolute Gasteiger partial charge is 0.444 e. The zero-order chi connectivity index (χ0) is 32.9. The zero-order valence-electron chi connectivity index (χ0n) is 28.7. The highest BCUT2D eigenvalue weighted by molar-refractivity contribution is 6.47. The molecule has 4 heterocycles. The first-order chi connectivity index (χ1) is 22.5. The van der Waals surface area contributed by atoms with Crippen molar-refractivity contribution in [2.75, 3.05) is 20.1 Å². The summed E-state index contributed by atoms with van der Waals surface area (Å²) in [6.45, 7) is 8.73. The van der Waals surface area contributed by atoms with Crippen molar-refractivity contribution in [3.63, 3.8) is 0 Å². The maximum Gasteiger partial charge on any atom is 0.481 e. The van der Waals surface area contributed by atoms with Gasteiger partial charge in [0.25, 0.3) is 0 Å². The second-order valence-corrected chi connectivity index (χ2v) is 16.0. The van der Waals surface area contributed by atoms with Crippen LogP contribution in [0.25, 0.3) is 0 Å². The molecule has 2 bridgehead atoms. The van der Waals surface area contributed by atoms with Gasteiger partial charge in [-0.25, -0.2) is 9.59 Å². The van der Waals surface area contributed by atoms with Gasteiger partial charge in [0.1, 0.15) is 12.1 Å². The molecule has 1 aromatic rings. The molecule has 256 valence electrons. The first-order valence-corrected chi connectivity index (χ1v) is 18.2. The molecule has 0 aromatic heterocycles. The van der Waals surface area contributed by atoms with Crippen LogP contribution < -0.4 is 5.32 Å². The number of hydrogen-bond donors (Lipinski definition) is 1. The molecule has 4 aliphatic heterocycles. The number of ether oxygens (including phenoxy) is 1. The summed E-state index contributed by atoms with van der Waals surface area (Å²) in [5.74, 6) is 0.525. The van der Waals surface area contributed by atoms with Crippen molar-refractivity contribution in [1.82, 2.24) is 20.0 Å². The minimum atomic E-state index is -0.750. The van der Waals surface area contributed by atoms with Crippen LogP contribution in [0.3, 0.4) is 0 Å². The summed E-state index contributed by atoms with van der Waals surface area (Å²) in [5.41, 5.74) is 2.10. The minimum Gasteiger partial charge on any atom is -0.444 e. The third-order valence-electron chi connectivity index (χ3n) is 12.6. The van der Waals surface area contributed by atoms with E-state index in [-0.39, 0.29) is 48.0 Å². The third-order valence-corrected chi connectivity index (χ3v) is 12.6. The molecule has 6 fully saturated rings. The molecule has 3 saturated heterocycles. The Labute approximate surface area is 280 Å². The lowest BCUT2D eigenvalue weighted by Crippen LogP contribution is -2.65. The van der Waals surface area contributed by atoms with E-state index in [0.29, 0.717) is 31.5 Å². The lowest BCUT2D eigenvalue weighted by Gasteiger charge is -2.64. The summed E-state index contributed by atoms with van der Waals surface area (Å²) in [7, 11) is 1.28. The SMILES string of the molecule is CN1CCCCCCCCC[C@@H](B2OC3C[C@@H]4C[C@@H](C4(C)C)[C@@]3(C)O2)NC(=O)[C@@H]2C[C@@H](OC(=O)N3Cc4ccccc4C3)CN2C1=O. The van der Waals surface area contributed by atoms with Crippen LogP contribution in [0.2, 0.25) is 0 Å².